The van der Waals surface area contributed by atoms with E-state index in [1.165, 1.54) is 42.5 Å². The Morgan fingerprint density at radius 3 is 2.86 bits per heavy atom. The number of H-pyrrole nitrogens is 1. The quantitative estimate of drug-likeness (QED) is 0.269. The van der Waals surface area contributed by atoms with E-state index >= 15 is 0 Å². The lowest BCUT2D eigenvalue weighted by atomic mass is 10.1. The number of hydrogen-bond acceptors (Lipinski definition) is 5. The van der Waals surface area contributed by atoms with E-state index in [1.54, 1.807) is 12.1 Å². The Bertz CT molecular complexity index is 1330. The first-order valence-electron chi connectivity index (χ1n) is 8.26. The number of nitro benzene ring substituents is 1. The topological polar surface area (TPSA) is 109 Å². The van der Waals surface area contributed by atoms with Crippen molar-refractivity contribution in [2.75, 3.05) is 0 Å². The maximum absolute atomic E-state index is 13.4. The first-order valence-corrected chi connectivity index (χ1v) is 8.64. The van der Waals surface area contributed by atoms with Gasteiger partial charge in [-0.2, -0.15) is 5.26 Å². The minimum absolute atomic E-state index is 0.160. The predicted molar refractivity (Wildman–Crippen MR) is 105 cm³/mol. The number of rotatable bonds is 4. The second kappa shape index (κ2) is 7.22. The molecule has 0 radical (unpaired) electrons. The zero-order valence-electron chi connectivity index (χ0n) is 14.5. The molecular weight excluding hydrogens is 399 g/mol. The zero-order valence-corrected chi connectivity index (χ0v) is 15.3. The molecule has 0 fully saturated rings. The fourth-order valence-electron chi connectivity index (χ4n) is 2.84. The smallest absolute Gasteiger partial charge is 0.281 e. The van der Waals surface area contributed by atoms with Crippen LogP contribution in [0.5, 0.6) is 0 Å². The summed E-state index contributed by atoms with van der Waals surface area (Å²) in [6.45, 7) is 0. The van der Waals surface area contributed by atoms with Gasteiger partial charge in [-0.15, -0.1) is 0 Å². The molecule has 2 aromatic carbocycles. The molecule has 0 bridgehead atoms. The molecule has 0 atom stereocenters. The van der Waals surface area contributed by atoms with Crippen LogP contribution in [0, 0.1) is 27.3 Å². The van der Waals surface area contributed by atoms with Crippen molar-refractivity contribution < 1.29 is 13.7 Å². The molecule has 0 aliphatic heterocycles. The molecule has 142 valence electrons. The highest BCUT2D eigenvalue weighted by molar-refractivity contribution is 6.30. The molecule has 0 aliphatic rings. The summed E-state index contributed by atoms with van der Waals surface area (Å²) in [5.41, 5.74) is 1.20. The number of nitrogens with zero attached hydrogens (tertiary/aromatic N) is 3. The highest BCUT2D eigenvalue weighted by Gasteiger charge is 2.19. The van der Waals surface area contributed by atoms with Crippen molar-refractivity contribution >= 4 is 40.0 Å². The summed E-state index contributed by atoms with van der Waals surface area (Å²) in [4.78, 5) is 17.9. The SMILES string of the molecule is N#C/C(=C/c1ccc(-c2ccc(Cl)cc2[N+](=O)[O-])o1)c1nc2ccc(F)cc2[nH]1. The van der Waals surface area contributed by atoms with Gasteiger partial charge in [-0.25, -0.2) is 9.37 Å². The Hall–Kier alpha value is -3.96. The number of nitro groups is 1. The summed E-state index contributed by atoms with van der Waals surface area (Å²) >= 11 is 5.84. The molecule has 29 heavy (non-hydrogen) atoms. The van der Waals surface area contributed by atoms with Crippen LogP contribution in [0.2, 0.25) is 5.02 Å². The number of furan rings is 1. The molecule has 4 rings (SSSR count). The van der Waals surface area contributed by atoms with E-state index in [0.29, 0.717) is 16.8 Å². The van der Waals surface area contributed by atoms with Gasteiger partial charge in [0.25, 0.3) is 5.69 Å². The van der Waals surface area contributed by atoms with Crippen LogP contribution in [-0.4, -0.2) is 14.9 Å². The van der Waals surface area contributed by atoms with Crippen LogP contribution in [0.3, 0.4) is 0 Å². The van der Waals surface area contributed by atoms with Gasteiger partial charge in [0.1, 0.15) is 29.2 Å². The fourth-order valence-corrected chi connectivity index (χ4v) is 3.01. The zero-order chi connectivity index (χ0) is 20.5. The number of allylic oxidation sites excluding steroid dienone is 1. The highest BCUT2D eigenvalue weighted by atomic mass is 35.5. The van der Waals surface area contributed by atoms with Crippen molar-refractivity contribution in [2.45, 2.75) is 0 Å². The lowest BCUT2D eigenvalue weighted by Gasteiger charge is -2.00. The molecule has 0 saturated carbocycles. The number of nitriles is 1. The summed E-state index contributed by atoms with van der Waals surface area (Å²) in [6, 6.07) is 13.5. The molecular formula is C20H10ClFN4O3. The van der Waals surface area contributed by atoms with Crippen molar-refractivity contribution in [3.05, 3.63) is 81.1 Å². The van der Waals surface area contributed by atoms with Crippen LogP contribution >= 0.6 is 11.6 Å². The van der Waals surface area contributed by atoms with Crippen molar-refractivity contribution in [2.24, 2.45) is 0 Å². The third kappa shape index (κ3) is 3.59. The predicted octanol–water partition coefficient (Wildman–Crippen LogP) is 5.59. The molecule has 0 unspecified atom stereocenters. The summed E-state index contributed by atoms with van der Waals surface area (Å²) in [6.07, 6.45) is 1.44. The number of aromatic amines is 1. The van der Waals surface area contributed by atoms with E-state index in [-0.39, 0.29) is 33.4 Å². The molecule has 2 heterocycles. The van der Waals surface area contributed by atoms with Crippen molar-refractivity contribution in [1.82, 2.24) is 9.97 Å². The second-order valence-electron chi connectivity index (χ2n) is 6.04. The van der Waals surface area contributed by atoms with Gasteiger partial charge in [0.05, 0.1) is 27.1 Å². The molecule has 0 saturated heterocycles. The largest absolute Gasteiger partial charge is 0.456 e. The van der Waals surface area contributed by atoms with Crippen LogP contribution in [-0.2, 0) is 0 Å². The van der Waals surface area contributed by atoms with Gasteiger partial charge in [-0.3, -0.25) is 10.1 Å². The van der Waals surface area contributed by atoms with Crippen LogP contribution in [0.1, 0.15) is 11.6 Å². The number of imidazole rings is 1. The van der Waals surface area contributed by atoms with Gasteiger partial charge in [-0.05, 0) is 42.5 Å². The third-order valence-electron chi connectivity index (χ3n) is 4.15. The van der Waals surface area contributed by atoms with Gasteiger partial charge < -0.3 is 9.40 Å². The number of aromatic nitrogens is 2. The van der Waals surface area contributed by atoms with Crippen molar-refractivity contribution in [1.29, 1.82) is 5.26 Å². The maximum Gasteiger partial charge on any atom is 0.281 e. The fraction of sp³-hybridized carbons (Fsp3) is 0. The Balaban J connectivity index is 1.72. The summed E-state index contributed by atoms with van der Waals surface area (Å²) in [5, 5.41) is 21.0. The minimum atomic E-state index is -0.548. The van der Waals surface area contributed by atoms with Gasteiger partial charge in [0, 0.05) is 17.2 Å². The van der Waals surface area contributed by atoms with Crippen molar-refractivity contribution in [3.63, 3.8) is 0 Å². The van der Waals surface area contributed by atoms with E-state index in [4.69, 9.17) is 16.0 Å². The van der Waals surface area contributed by atoms with Crippen molar-refractivity contribution in [3.8, 4) is 17.4 Å². The molecule has 0 aliphatic carbocycles. The van der Waals surface area contributed by atoms with Crippen LogP contribution in [0.15, 0.2) is 52.9 Å². The maximum atomic E-state index is 13.4. The Labute approximate surface area is 167 Å². The van der Waals surface area contributed by atoms with E-state index in [2.05, 4.69) is 9.97 Å². The summed E-state index contributed by atoms with van der Waals surface area (Å²) in [5.74, 6) is 0.384. The molecule has 4 aromatic rings. The summed E-state index contributed by atoms with van der Waals surface area (Å²) in [7, 11) is 0. The van der Waals surface area contributed by atoms with Gasteiger partial charge in [-0.1, -0.05) is 11.6 Å². The molecule has 7 nitrogen and oxygen atoms in total. The van der Waals surface area contributed by atoms with E-state index in [1.807, 2.05) is 6.07 Å². The first-order chi connectivity index (χ1) is 13.9. The average molecular weight is 409 g/mol. The number of fused-ring (bicyclic) bond motifs is 1. The number of halogens is 2. The highest BCUT2D eigenvalue weighted by Crippen LogP contribution is 2.34. The Morgan fingerprint density at radius 1 is 1.28 bits per heavy atom. The Kier molecular flexibility index (Phi) is 4.58. The van der Waals surface area contributed by atoms with Crippen LogP contribution < -0.4 is 0 Å². The van der Waals surface area contributed by atoms with Crippen LogP contribution in [0.25, 0.3) is 34.0 Å². The Morgan fingerprint density at radius 2 is 2.10 bits per heavy atom. The summed E-state index contributed by atoms with van der Waals surface area (Å²) < 4.78 is 19.0. The van der Waals surface area contributed by atoms with E-state index < -0.39 is 10.7 Å². The lowest BCUT2D eigenvalue weighted by Crippen LogP contribution is -1.91. The van der Waals surface area contributed by atoms with E-state index in [0.717, 1.165) is 0 Å². The number of hydrogen-bond donors (Lipinski definition) is 1. The second-order valence-corrected chi connectivity index (χ2v) is 6.47. The van der Waals surface area contributed by atoms with Gasteiger partial charge in [0.15, 0.2) is 0 Å². The molecule has 1 N–H and O–H groups in total. The monoisotopic (exact) mass is 408 g/mol. The first kappa shape index (κ1) is 18.4. The van der Waals surface area contributed by atoms with Crippen LogP contribution in [0.4, 0.5) is 10.1 Å². The van der Waals surface area contributed by atoms with Gasteiger partial charge >= 0.3 is 0 Å². The number of nitrogens with one attached hydrogen (secondary N) is 1. The molecule has 9 heteroatoms. The normalized spacial score (nSPS) is 11.6. The lowest BCUT2D eigenvalue weighted by molar-refractivity contribution is -0.384. The standard InChI is InChI=1S/C20H10ClFN4O3/c21-12-1-4-15(18(8-12)26(27)28)19-6-3-14(29-19)7-11(10-23)20-24-16-5-2-13(22)9-17(16)25-20/h1-9H,(H,24,25)/b11-7-. The molecule has 0 amide bonds. The minimum Gasteiger partial charge on any atom is -0.456 e. The van der Waals surface area contributed by atoms with Gasteiger partial charge in [0.2, 0.25) is 0 Å². The third-order valence-corrected chi connectivity index (χ3v) is 4.39. The average Bonchev–Trinajstić information content (AvgIpc) is 3.32. The molecule has 0 spiro atoms. The van der Waals surface area contributed by atoms with E-state index in [9.17, 15) is 19.8 Å². The number of benzene rings is 2. The molecule has 2 aromatic heterocycles.